The van der Waals surface area contributed by atoms with Gasteiger partial charge in [0.25, 0.3) is 0 Å². The molecule has 658 valence electrons. The molecule has 0 unspecified atom stereocenters. The van der Waals surface area contributed by atoms with Crippen LogP contribution >= 0.6 is 11.6 Å². The van der Waals surface area contributed by atoms with Gasteiger partial charge in [-0.3, -0.25) is 0 Å². The van der Waals surface area contributed by atoms with Crippen molar-refractivity contribution in [3.63, 3.8) is 0 Å². The van der Waals surface area contributed by atoms with Gasteiger partial charge in [-0.15, -0.1) is 0 Å². The first-order valence-corrected chi connectivity index (χ1v) is 46.7. The van der Waals surface area contributed by atoms with Gasteiger partial charge in [0.2, 0.25) is 5.95 Å². The first-order chi connectivity index (χ1) is 55.9. The van der Waals surface area contributed by atoms with Crippen LogP contribution in [0.2, 0.25) is 5.02 Å². The Bertz CT molecular complexity index is 3510. The summed E-state index contributed by atoms with van der Waals surface area (Å²) in [7, 11) is 26.2. The number of piperidine rings is 6. The number of rotatable bonds is 20. The molecular weight excluding hydrogens is 1470 g/mol. The average molecular weight is 1640 g/mol. The molecule has 0 radical (unpaired) electrons. The number of aromatic nitrogens is 1. The van der Waals surface area contributed by atoms with Crippen molar-refractivity contribution in [1.29, 1.82) is 0 Å². The fourth-order valence-electron chi connectivity index (χ4n) is 18.3. The van der Waals surface area contributed by atoms with E-state index in [1.165, 1.54) is 202 Å². The van der Waals surface area contributed by atoms with E-state index in [0.717, 1.165) is 79.8 Å². The first kappa shape index (κ1) is 97.5. The minimum Gasteiger partial charge on any atom is -0.371 e. The van der Waals surface area contributed by atoms with Crippen molar-refractivity contribution >= 4 is 45.7 Å². The summed E-state index contributed by atoms with van der Waals surface area (Å²) >= 11 is 6.45. The van der Waals surface area contributed by atoms with Gasteiger partial charge in [-0.05, 0) is 334 Å². The van der Waals surface area contributed by atoms with Gasteiger partial charge in [-0.2, -0.15) is 4.39 Å². The van der Waals surface area contributed by atoms with Gasteiger partial charge >= 0.3 is 0 Å². The van der Waals surface area contributed by atoms with Crippen molar-refractivity contribution in [3.8, 4) is 0 Å². The third-order valence-corrected chi connectivity index (χ3v) is 27.4. The van der Waals surface area contributed by atoms with E-state index in [1.54, 1.807) is 5.56 Å². The highest BCUT2D eigenvalue weighted by atomic mass is 35.5. The molecule has 7 aliphatic rings. The Morgan fingerprint density at radius 1 is 0.288 bits per heavy atom. The van der Waals surface area contributed by atoms with E-state index < -0.39 is 0 Å². The van der Waals surface area contributed by atoms with Crippen molar-refractivity contribution < 1.29 is 4.39 Å². The minimum absolute atomic E-state index is 0.267. The van der Waals surface area contributed by atoms with Gasteiger partial charge in [0.15, 0.2) is 0 Å². The second-order valence-electron chi connectivity index (χ2n) is 39.4. The zero-order chi connectivity index (χ0) is 86.5. The molecule has 0 amide bonds. The summed E-state index contributed by atoms with van der Waals surface area (Å²) in [5, 5.41) is 0.898. The predicted octanol–water partition coefficient (Wildman–Crippen LogP) is 22.8. The number of halogens is 2. The van der Waals surface area contributed by atoms with Crippen LogP contribution in [0.3, 0.4) is 0 Å². The van der Waals surface area contributed by atoms with Gasteiger partial charge < -0.3 is 58.8 Å². The van der Waals surface area contributed by atoms with Crippen LogP contribution in [-0.4, -0.2) is 234 Å². The predicted molar refractivity (Wildman–Crippen MR) is 515 cm³/mol. The second kappa shape index (κ2) is 46.5. The minimum atomic E-state index is -0.325. The maximum atomic E-state index is 14.1. The number of anilines is 6. The van der Waals surface area contributed by atoms with E-state index in [2.05, 4.69) is 336 Å². The molecule has 0 atom stereocenters. The molecule has 0 spiro atoms. The lowest BCUT2D eigenvalue weighted by atomic mass is 9.92. The second-order valence-corrected chi connectivity index (χ2v) is 39.8. The molecule has 1 saturated carbocycles. The smallest absolute Gasteiger partial charge is 0.236 e. The molecule has 13 rings (SSSR count). The lowest BCUT2D eigenvalue weighted by Crippen LogP contribution is -2.42. The summed E-state index contributed by atoms with van der Waals surface area (Å²) in [6.07, 6.45) is 17.6. The molecule has 7 heterocycles. The van der Waals surface area contributed by atoms with Crippen LogP contribution in [0.15, 0.2) is 103 Å². The number of benzene rings is 5. The number of hydrogen-bond donors (Lipinski definition) is 0. The molecule has 118 heavy (non-hydrogen) atoms. The number of pyridine rings is 1. The summed E-state index contributed by atoms with van der Waals surface area (Å²) < 4.78 is 14.1. The third-order valence-electron chi connectivity index (χ3n) is 27.1. The number of aryl methyl sites for hydroxylation is 2. The molecule has 13 nitrogen and oxygen atoms in total. The monoisotopic (exact) mass is 1640 g/mol. The highest BCUT2D eigenvalue weighted by molar-refractivity contribution is 6.33. The number of hydrogen-bond acceptors (Lipinski definition) is 13. The molecule has 7 fully saturated rings. The Hall–Kier alpha value is -5.97. The Morgan fingerprint density at radius 2 is 0.542 bits per heavy atom. The fraction of sp³-hybridized carbons (Fsp3) is 0.660. The lowest BCUT2D eigenvalue weighted by molar-refractivity contribution is 0.249. The van der Waals surface area contributed by atoms with Crippen LogP contribution in [0.4, 0.5) is 38.5 Å². The largest absolute Gasteiger partial charge is 0.371 e. The molecule has 6 aromatic rings. The topological polar surface area (TPSA) is 51.8 Å². The number of nitrogens with zero attached hydrogens (tertiary/aromatic N) is 13. The summed E-state index contributed by atoms with van der Waals surface area (Å²) in [6.45, 7) is 49.3. The quantitative estimate of drug-likeness (QED) is 0.0683. The SMILES string of the molecule is CC(C)c1ccc(N2CCC(N(C)C)CC2)c(C(C)C)c1.CC(C)c1ccc(N2CCC(N(C)C)CC2)c(C2CC2)c1.CC(C)c1ccc(N2CCC(N(C)C)CC2)c(Cl)c1.CC(C)c1ccc(N2CCC(N(C)C)CC2)c(F)n1.Cc1cc(C(C)C)ccc1N1CCC(N(C)C)CC1.Cc1cc(C(C)C)ccc1N1CCC(N(C)C)CC1. The van der Waals surface area contributed by atoms with E-state index in [0.29, 0.717) is 53.3 Å². The highest BCUT2D eigenvalue weighted by Gasteiger charge is 2.32. The van der Waals surface area contributed by atoms with Gasteiger partial charge in [0.05, 0.1) is 16.4 Å². The zero-order valence-corrected chi connectivity index (χ0v) is 80.6. The molecule has 0 N–H and O–H groups in total. The zero-order valence-electron chi connectivity index (χ0n) is 79.9. The molecule has 1 aliphatic carbocycles. The van der Waals surface area contributed by atoms with Crippen molar-refractivity contribution in [2.45, 2.75) is 284 Å². The van der Waals surface area contributed by atoms with Crippen LogP contribution < -0.4 is 29.4 Å². The Kier molecular flexibility index (Phi) is 38.4. The lowest BCUT2D eigenvalue weighted by Gasteiger charge is -2.38. The standard InChI is InChI=1S/C19H30N2.C19H32N2.2C17H28N2.C16H25ClN2.C15H24FN3/c1-14(2)16-7-8-19(18(13-16)15-5-6-15)21-11-9-17(10-12-21)20(3)4;1-14(2)16-7-8-19(18(13-16)15(3)4)21-11-9-17(10-12-21)20(5)6;2*1-13(2)15-6-7-17(14(3)12-15)19-10-8-16(9-11-19)18(4)5;1-12(2)13-5-6-16(15(17)11-13)19-9-7-14(8-10-19)18(3)4;1-11(2)13-5-6-14(15(16)17-13)19-9-7-12(8-10-19)18(3)4/h7-8,13-15,17H,5-6,9-12H2,1-4H3;7-8,13-15,17H,9-12H2,1-6H3;2*6-7,12-13,16H,8-11H2,1-5H3;5-6,11-12,14H,7-10H2,1-4H3;5-6,11-12H,7-10H2,1-4H3. The van der Waals surface area contributed by atoms with E-state index in [-0.39, 0.29) is 11.9 Å². The van der Waals surface area contributed by atoms with Crippen molar-refractivity contribution in [3.05, 3.63) is 170 Å². The Balaban J connectivity index is 0.000000177. The molecule has 5 aromatic carbocycles. The molecule has 1 aromatic heterocycles. The van der Waals surface area contributed by atoms with Crippen LogP contribution in [0, 0.1) is 19.8 Å². The maximum absolute atomic E-state index is 14.1. The van der Waals surface area contributed by atoms with Crippen molar-refractivity contribution in [2.24, 2.45) is 0 Å². The van der Waals surface area contributed by atoms with Gasteiger partial charge in [-0.25, -0.2) is 4.98 Å². The van der Waals surface area contributed by atoms with E-state index in [4.69, 9.17) is 11.6 Å². The maximum Gasteiger partial charge on any atom is 0.236 e. The molecule has 6 saturated heterocycles. The van der Waals surface area contributed by atoms with E-state index >= 15 is 0 Å². The van der Waals surface area contributed by atoms with Crippen LogP contribution in [0.25, 0.3) is 0 Å². The highest BCUT2D eigenvalue weighted by Crippen LogP contribution is 2.46. The van der Waals surface area contributed by atoms with Crippen LogP contribution in [-0.2, 0) is 0 Å². The summed E-state index contributed by atoms with van der Waals surface area (Å²) in [5.41, 5.74) is 21.7. The van der Waals surface area contributed by atoms with Gasteiger partial charge in [0.1, 0.15) is 0 Å². The van der Waals surface area contributed by atoms with E-state index in [9.17, 15) is 4.39 Å². The van der Waals surface area contributed by atoms with Crippen LogP contribution in [0.5, 0.6) is 0 Å². The van der Waals surface area contributed by atoms with Gasteiger partial charge in [0, 0.05) is 143 Å². The fourth-order valence-corrected chi connectivity index (χ4v) is 18.6. The summed E-state index contributed by atoms with van der Waals surface area (Å²) in [4.78, 5) is 33.1. The van der Waals surface area contributed by atoms with Crippen molar-refractivity contribution in [1.82, 2.24) is 34.4 Å². The molecule has 6 aliphatic heterocycles. The van der Waals surface area contributed by atoms with Crippen LogP contribution in [0.1, 0.15) is 290 Å². The molecule has 0 bridgehead atoms. The average Bonchev–Trinajstić information content (AvgIpc) is 1.61. The van der Waals surface area contributed by atoms with Gasteiger partial charge in [-0.1, -0.05) is 163 Å². The third kappa shape index (κ3) is 28.3. The van der Waals surface area contributed by atoms with E-state index in [1.807, 2.05) is 26.0 Å². The summed E-state index contributed by atoms with van der Waals surface area (Å²) in [6, 6.07) is 43.0. The normalized spacial score (nSPS) is 18.0. The molecular formula is C103H167ClFN13. The summed E-state index contributed by atoms with van der Waals surface area (Å²) in [5.74, 6) is 4.38. The molecule has 15 heteroatoms. The Labute approximate surface area is 726 Å². The first-order valence-electron chi connectivity index (χ1n) is 46.3. The van der Waals surface area contributed by atoms with Crippen molar-refractivity contribution in [2.75, 3.05) is 193 Å². The Morgan fingerprint density at radius 3 is 0.822 bits per heavy atom.